The first-order chi connectivity index (χ1) is 16.5. The Labute approximate surface area is 207 Å². The highest BCUT2D eigenvalue weighted by Gasteiger charge is 2.33. The van der Waals surface area contributed by atoms with Crippen LogP contribution in [0.3, 0.4) is 0 Å². The number of carboxylic acid groups (broad SMARTS) is 1. The van der Waals surface area contributed by atoms with Gasteiger partial charge in [-0.2, -0.15) is 5.10 Å². The number of thioether (sulfide) groups is 1. The highest BCUT2D eigenvalue weighted by Crippen LogP contribution is 2.35. The summed E-state index contributed by atoms with van der Waals surface area (Å²) < 4.78 is 7.75. The van der Waals surface area contributed by atoms with Crippen LogP contribution in [0, 0.1) is 0 Å². The van der Waals surface area contributed by atoms with Crippen LogP contribution in [-0.2, 0) is 9.59 Å². The van der Waals surface area contributed by atoms with Crippen LogP contribution in [0.1, 0.15) is 25.3 Å². The molecule has 3 aromatic rings. The van der Waals surface area contributed by atoms with E-state index in [0.29, 0.717) is 17.2 Å². The van der Waals surface area contributed by atoms with Crippen molar-refractivity contribution in [1.82, 2.24) is 14.7 Å². The molecule has 0 atom stereocenters. The molecule has 2 heterocycles. The van der Waals surface area contributed by atoms with Gasteiger partial charge in [0.15, 0.2) is 0 Å². The van der Waals surface area contributed by atoms with Gasteiger partial charge in [0.05, 0.1) is 22.9 Å². The number of benzene rings is 2. The number of thiocarbonyl (C=S) groups is 1. The van der Waals surface area contributed by atoms with E-state index in [1.165, 1.54) is 0 Å². The standard InChI is InChI=1S/C25H23N3O4S2/c1-2-3-13-32-20-11-9-17(10-12-20)23-18(15-28(26-23)19-7-5-4-6-8-19)14-21-24(31)27(16-22(29)30)25(33)34-21/h4-12,14-15H,2-3,13,16H2,1H3,(H,29,30)/b21-14-. The maximum Gasteiger partial charge on any atom is 0.323 e. The second kappa shape index (κ2) is 10.7. The van der Waals surface area contributed by atoms with Gasteiger partial charge in [0, 0.05) is 17.3 Å². The Morgan fingerprint density at radius 3 is 2.59 bits per heavy atom. The lowest BCUT2D eigenvalue weighted by Gasteiger charge is -2.10. The maximum absolute atomic E-state index is 12.8. The number of hydrogen-bond donors (Lipinski definition) is 1. The maximum atomic E-state index is 12.8. The number of carbonyl (C=O) groups is 2. The first-order valence-corrected chi connectivity index (χ1v) is 12.0. The molecular weight excluding hydrogens is 470 g/mol. The fraction of sp³-hybridized carbons (Fsp3) is 0.200. The number of unbranched alkanes of at least 4 members (excludes halogenated alkanes) is 1. The summed E-state index contributed by atoms with van der Waals surface area (Å²) >= 11 is 6.31. The highest BCUT2D eigenvalue weighted by molar-refractivity contribution is 8.26. The van der Waals surface area contributed by atoms with Crippen LogP contribution in [-0.4, -0.2) is 49.1 Å². The summed E-state index contributed by atoms with van der Waals surface area (Å²) in [6.07, 6.45) is 5.62. The second-order valence-corrected chi connectivity index (χ2v) is 9.28. The molecule has 9 heteroatoms. The molecule has 174 valence electrons. The average Bonchev–Trinajstić information content (AvgIpc) is 3.37. The van der Waals surface area contributed by atoms with Crippen molar-refractivity contribution in [3.05, 3.63) is 71.3 Å². The number of para-hydroxylation sites is 1. The number of nitrogens with zero attached hydrogens (tertiary/aromatic N) is 3. The normalized spacial score (nSPS) is 14.7. The molecule has 0 spiro atoms. The zero-order valence-corrected chi connectivity index (χ0v) is 20.1. The Bertz CT molecular complexity index is 1240. The van der Waals surface area contributed by atoms with E-state index in [0.717, 1.165) is 52.1 Å². The molecule has 0 saturated carbocycles. The van der Waals surface area contributed by atoms with Gasteiger partial charge in [-0.05, 0) is 48.9 Å². The van der Waals surface area contributed by atoms with Crippen molar-refractivity contribution < 1.29 is 19.4 Å². The number of carbonyl (C=O) groups excluding carboxylic acids is 1. The van der Waals surface area contributed by atoms with Gasteiger partial charge in [0.1, 0.15) is 16.6 Å². The molecule has 0 unspecified atom stereocenters. The summed E-state index contributed by atoms with van der Waals surface area (Å²) in [4.78, 5) is 25.4. The minimum atomic E-state index is -1.11. The Morgan fingerprint density at radius 1 is 1.18 bits per heavy atom. The average molecular weight is 494 g/mol. The van der Waals surface area contributed by atoms with Crippen molar-refractivity contribution in [1.29, 1.82) is 0 Å². The molecule has 7 nitrogen and oxygen atoms in total. The molecule has 1 fully saturated rings. The lowest BCUT2D eigenvalue weighted by molar-refractivity contribution is -0.140. The second-order valence-electron chi connectivity index (χ2n) is 7.60. The fourth-order valence-corrected chi connectivity index (χ4v) is 4.63. The largest absolute Gasteiger partial charge is 0.494 e. The molecule has 1 aliphatic rings. The number of amides is 1. The van der Waals surface area contributed by atoms with Crippen molar-refractivity contribution in [2.75, 3.05) is 13.2 Å². The van der Waals surface area contributed by atoms with Gasteiger partial charge in [-0.15, -0.1) is 0 Å². The van der Waals surface area contributed by atoms with Crippen LogP contribution < -0.4 is 4.74 Å². The molecule has 1 N–H and O–H groups in total. The van der Waals surface area contributed by atoms with Gasteiger partial charge < -0.3 is 9.84 Å². The Hall–Kier alpha value is -3.43. The van der Waals surface area contributed by atoms with Crippen LogP contribution >= 0.6 is 24.0 Å². The van der Waals surface area contributed by atoms with Gasteiger partial charge in [0.25, 0.3) is 5.91 Å². The lowest BCUT2D eigenvalue weighted by Crippen LogP contribution is -2.33. The van der Waals surface area contributed by atoms with E-state index in [9.17, 15) is 9.59 Å². The molecule has 1 aromatic heterocycles. The smallest absolute Gasteiger partial charge is 0.323 e. The zero-order chi connectivity index (χ0) is 24.1. The highest BCUT2D eigenvalue weighted by atomic mass is 32.2. The van der Waals surface area contributed by atoms with E-state index in [-0.39, 0.29) is 4.32 Å². The molecular formula is C25H23N3O4S2. The van der Waals surface area contributed by atoms with Gasteiger partial charge in [-0.1, -0.05) is 55.5 Å². The lowest BCUT2D eigenvalue weighted by atomic mass is 10.1. The van der Waals surface area contributed by atoms with Gasteiger partial charge >= 0.3 is 5.97 Å². The van der Waals surface area contributed by atoms with Crippen molar-refractivity contribution in [3.63, 3.8) is 0 Å². The van der Waals surface area contributed by atoms with E-state index >= 15 is 0 Å². The van der Waals surface area contributed by atoms with E-state index in [1.807, 2.05) is 60.8 Å². The number of rotatable bonds is 9. The molecule has 1 amide bonds. The first-order valence-electron chi connectivity index (χ1n) is 10.8. The SMILES string of the molecule is CCCCOc1ccc(-c2nn(-c3ccccc3)cc2/C=C2\SC(=S)N(CC(=O)O)C2=O)cc1. The van der Waals surface area contributed by atoms with Crippen molar-refractivity contribution >= 4 is 46.3 Å². The van der Waals surface area contributed by atoms with Crippen LogP contribution in [0.5, 0.6) is 5.75 Å². The van der Waals surface area contributed by atoms with Crippen molar-refractivity contribution in [3.8, 4) is 22.7 Å². The van der Waals surface area contributed by atoms with E-state index in [2.05, 4.69) is 6.92 Å². The summed E-state index contributed by atoms with van der Waals surface area (Å²) in [5.41, 5.74) is 3.15. The predicted octanol–water partition coefficient (Wildman–Crippen LogP) is 5.00. The van der Waals surface area contributed by atoms with Crippen molar-refractivity contribution in [2.45, 2.75) is 19.8 Å². The minimum absolute atomic E-state index is 0.226. The third-order valence-electron chi connectivity index (χ3n) is 5.11. The summed E-state index contributed by atoms with van der Waals surface area (Å²) in [7, 11) is 0. The number of hydrogen-bond acceptors (Lipinski definition) is 6. The summed E-state index contributed by atoms with van der Waals surface area (Å²) in [6, 6.07) is 17.4. The number of aliphatic carboxylic acids is 1. The zero-order valence-electron chi connectivity index (χ0n) is 18.5. The monoisotopic (exact) mass is 493 g/mol. The Morgan fingerprint density at radius 2 is 1.91 bits per heavy atom. The van der Waals surface area contributed by atoms with E-state index < -0.39 is 18.4 Å². The summed E-state index contributed by atoms with van der Waals surface area (Å²) in [6.45, 7) is 2.33. The molecule has 4 rings (SSSR count). The topological polar surface area (TPSA) is 84.7 Å². The molecule has 34 heavy (non-hydrogen) atoms. The van der Waals surface area contributed by atoms with Gasteiger partial charge in [-0.3, -0.25) is 14.5 Å². The predicted molar refractivity (Wildman–Crippen MR) is 137 cm³/mol. The summed E-state index contributed by atoms with van der Waals surface area (Å²) in [5, 5.41) is 13.9. The number of carboxylic acids is 1. The van der Waals surface area contributed by atoms with Crippen LogP contribution in [0.4, 0.5) is 0 Å². The van der Waals surface area contributed by atoms with Crippen LogP contribution in [0.15, 0.2) is 65.7 Å². The van der Waals surface area contributed by atoms with E-state index in [1.54, 1.807) is 10.8 Å². The van der Waals surface area contributed by atoms with Gasteiger partial charge in [0.2, 0.25) is 0 Å². The molecule has 0 aliphatic carbocycles. The quantitative estimate of drug-likeness (QED) is 0.255. The third-order valence-corrected chi connectivity index (χ3v) is 6.49. The molecule has 1 saturated heterocycles. The van der Waals surface area contributed by atoms with Crippen LogP contribution in [0.2, 0.25) is 0 Å². The third kappa shape index (κ3) is 5.37. The number of aromatic nitrogens is 2. The molecule has 0 bridgehead atoms. The molecule has 2 aromatic carbocycles. The fourth-order valence-electron chi connectivity index (χ4n) is 3.39. The number of ether oxygens (including phenoxy) is 1. The molecule has 1 aliphatic heterocycles. The van der Waals surface area contributed by atoms with Crippen molar-refractivity contribution in [2.24, 2.45) is 0 Å². The van der Waals surface area contributed by atoms with Crippen LogP contribution in [0.25, 0.3) is 23.0 Å². The van der Waals surface area contributed by atoms with E-state index in [4.69, 9.17) is 27.2 Å². The summed E-state index contributed by atoms with van der Waals surface area (Å²) in [5.74, 6) is -0.748. The molecule has 0 radical (unpaired) electrons. The van der Waals surface area contributed by atoms with Gasteiger partial charge in [-0.25, -0.2) is 4.68 Å². The minimum Gasteiger partial charge on any atom is -0.494 e. The Kier molecular flexibility index (Phi) is 7.44. The first kappa shape index (κ1) is 23.7. The Balaban J connectivity index is 1.70.